The molecule has 0 atom stereocenters. The summed E-state index contributed by atoms with van der Waals surface area (Å²) in [7, 11) is 1.67. The molecule has 80 valence electrons. The first kappa shape index (κ1) is 14.9. The second-order valence-corrected chi connectivity index (χ2v) is 2.45. The first-order chi connectivity index (χ1) is 6.22. The van der Waals surface area contributed by atoms with Gasteiger partial charge in [-0.1, -0.05) is 13.8 Å². The maximum Gasteiger partial charge on any atom is 0.219 e. The Kier molecular flexibility index (Phi) is 13.1. The molecule has 0 aliphatic heterocycles. The van der Waals surface area contributed by atoms with Gasteiger partial charge in [-0.15, -0.1) is 0 Å². The van der Waals surface area contributed by atoms with E-state index >= 15 is 0 Å². The van der Waals surface area contributed by atoms with Gasteiger partial charge in [-0.2, -0.15) is 0 Å². The smallest absolute Gasteiger partial charge is 0.219 e. The normalized spacial score (nSPS) is 8.69. The predicted molar refractivity (Wildman–Crippen MR) is 55.8 cm³/mol. The van der Waals surface area contributed by atoms with Gasteiger partial charge in [-0.05, 0) is 13.3 Å². The molecule has 0 saturated carbocycles. The number of carbonyl (C=O) groups is 1. The van der Waals surface area contributed by atoms with E-state index in [0.717, 1.165) is 26.1 Å². The number of ether oxygens (including phenoxy) is 1. The number of methoxy groups -OCH3 is 1. The fourth-order valence-corrected chi connectivity index (χ4v) is 0.938. The van der Waals surface area contributed by atoms with E-state index < -0.39 is 0 Å². The Morgan fingerprint density at radius 1 is 1.38 bits per heavy atom. The van der Waals surface area contributed by atoms with Gasteiger partial charge in [0, 0.05) is 33.7 Å². The number of nitrogens with zero attached hydrogens (tertiary/aromatic N) is 1. The number of hydrogen-bond acceptors (Lipinski definition) is 2. The van der Waals surface area contributed by atoms with Crippen LogP contribution in [0.15, 0.2) is 0 Å². The second-order valence-electron chi connectivity index (χ2n) is 2.45. The number of carbonyl (C=O) groups excluding carboxylic acids is 1. The molecule has 0 N–H and O–H groups in total. The van der Waals surface area contributed by atoms with Crippen LogP contribution in [-0.2, 0) is 9.53 Å². The molecule has 0 aromatic rings. The second kappa shape index (κ2) is 11.4. The van der Waals surface area contributed by atoms with Crippen LogP contribution in [0.2, 0.25) is 0 Å². The van der Waals surface area contributed by atoms with Gasteiger partial charge < -0.3 is 9.64 Å². The van der Waals surface area contributed by atoms with Crippen LogP contribution in [0.25, 0.3) is 0 Å². The van der Waals surface area contributed by atoms with Gasteiger partial charge in [0.1, 0.15) is 0 Å². The van der Waals surface area contributed by atoms with Gasteiger partial charge in [0.2, 0.25) is 5.91 Å². The number of hydrogen-bond donors (Lipinski definition) is 0. The minimum absolute atomic E-state index is 0.142. The summed E-state index contributed by atoms with van der Waals surface area (Å²) in [6.07, 6.45) is 0.921. The molecule has 0 aromatic heterocycles. The molecule has 0 rings (SSSR count). The highest BCUT2D eigenvalue weighted by atomic mass is 16.5. The molecule has 0 aromatic carbocycles. The van der Waals surface area contributed by atoms with E-state index in [1.54, 1.807) is 18.9 Å². The van der Waals surface area contributed by atoms with Crippen molar-refractivity contribution >= 4 is 5.91 Å². The van der Waals surface area contributed by atoms with Gasteiger partial charge in [0.25, 0.3) is 0 Å². The molecule has 3 heteroatoms. The SMILES string of the molecule is CC.CCN(CCCOC)C(C)=O. The van der Waals surface area contributed by atoms with Crippen molar-refractivity contribution in [2.75, 3.05) is 26.8 Å². The zero-order valence-electron chi connectivity index (χ0n) is 9.59. The molecule has 0 aliphatic rings. The summed E-state index contributed by atoms with van der Waals surface area (Å²) >= 11 is 0. The van der Waals surface area contributed by atoms with Gasteiger partial charge in [0.15, 0.2) is 0 Å². The summed E-state index contributed by atoms with van der Waals surface area (Å²) in [4.78, 5) is 12.7. The lowest BCUT2D eigenvalue weighted by atomic mass is 10.4. The highest BCUT2D eigenvalue weighted by Crippen LogP contribution is 1.91. The molecular weight excluding hydrogens is 166 g/mol. The van der Waals surface area contributed by atoms with Crippen LogP contribution in [0.3, 0.4) is 0 Å². The van der Waals surface area contributed by atoms with E-state index in [2.05, 4.69) is 0 Å². The van der Waals surface area contributed by atoms with E-state index in [0.29, 0.717) is 0 Å². The molecule has 0 bridgehead atoms. The Bertz CT molecular complexity index is 115. The van der Waals surface area contributed by atoms with E-state index in [1.807, 2.05) is 20.8 Å². The molecule has 13 heavy (non-hydrogen) atoms. The fourth-order valence-electron chi connectivity index (χ4n) is 0.938. The minimum Gasteiger partial charge on any atom is -0.385 e. The number of amides is 1. The zero-order valence-corrected chi connectivity index (χ0v) is 9.59. The van der Waals surface area contributed by atoms with Crippen molar-refractivity contribution in [3.8, 4) is 0 Å². The third-order valence-corrected chi connectivity index (χ3v) is 1.60. The molecule has 0 aliphatic carbocycles. The third kappa shape index (κ3) is 9.34. The van der Waals surface area contributed by atoms with Crippen LogP contribution >= 0.6 is 0 Å². The van der Waals surface area contributed by atoms with Gasteiger partial charge >= 0.3 is 0 Å². The Morgan fingerprint density at radius 2 is 1.92 bits per heavy atom. The van der Waals surface area contributed by atoms with Crippen LogP contribution in [0.1, 0.15) is 34.1 Å². The summed E-state index contributed by atoms with van der Waals surface area (Å²) < 4.78 is 4.88. The van der Waals surface area contributed by atoms with E-state index in [1.165, 1.54) is 0 Å². The van der Waals surface area contributed by atoms with Crippen LogP contribution in [-0.4, -0.2) is 37.6 Å². The summed E-state index contributed by atoms with van der Waals surface area (Å²) in [6.45, 7) is 9.90. The van der Waals surface area contributed by atoms with Gasteiger partial charge in [0.05, 0.1) is 0 Å². The van der Waals surface area contributed by atoms with Crippen molar-refractivity contribution in [2.24, 2.45) is 0 Å². The number of rotatable bonds is 5. The van der Waals surface area contributed by atoms with Crippen LogP contribution in [0.4, 0.5) is 0 Å². The van der Waals surface area contributed by atoms with Crippen molar-refractivity contribution in [3.63, 3.8) is 0 Å². The Hall–Kier alpha value is -0.570. The van der Waals surface area contributed by atoms with Crippen molar-refractivity contribution < 1.29 is 9.53 Å². The fraction of sp³-hybridized carbons (Fsp3) is 0.900. The summed E-state index contributed by atoms with van der Waals surface area (Å²) in [6, 6.07) is 0. The van der Waals surface area contributed by atoms with Crippen LogP contribution < -0.4 is 0 Å². The average molecular weight is 189 g/mol. The minimum atomic E-state index is 0.142. The van der Waals surface area contributed by atoms with E-state index in [4.69, 9.17) is 4.74 Å². The Balaban J connectivity index is 0. The highest BCUT2D eigenvalue weighted by molar-refractivity contribution is 5.73. The quantitative estimate of drug-likeness (QED) is 0.618. The van der Waals surface area contributed by atoms with Crippen LogP contribution in [0, 0.1) is 0 Å². The van der Waals surface area contributed by atoms with Gasteiger partial charge in [-0.3, -0.25) is 4.79 Å². The van der Waals surface area contributed by atoms with E-state index in [-0.39, 0.29) is 5.91 Å². The Labute approximate surface area is 82.1 Å². The van der Waals surface area contributed by atoms with Crippen LogP contribution in [0.5, 0.6) is 0 Å². The molecule has 0 spiro atoms. The maximum absolute atomic E-state index is 10.9. The molecule has 1 amide bonds. The third-order valence-electron chi connectivity index (χ3n) is 1.60. The van der Waals surface area contributed by atoms with Crippen molar-refractivity contribution in [1.82, 2.24) is 4.90 Å². The first-order valence-electron chi connectivity index (χ1n) is 4.96. The lowest BCUT2D eigenvalue weighted by molar-refractivity contribution is -0.128. The van der Waals surface area contributed by atoms with Gasteiger partial charge in [-0.25, -0.2) is 0 Å². The lowest BCUT2D eigenvalue weighted by Gasteiger charge is -2.17. The molecule has 0 unspecified atom stereocenters. The molecule has 3 nitrogen and oxygen atoms in total. The maximum atomic E-state index is 10.9. The molecule has 0 radical (unpaired) electrons. The monoisotopic (exact) mass is 189 g/mol. The van der Waals surface area contributed by atoms with E-state index in [9.17, 15) is 4.79 Å². The molecule has 0 saturated heterocycles. The summed E-state index contributed by atoms with van der Waals surface area (Å²) in [5.41, 5.74) is 0. The zero-order chi connectivity index (χ0) is 10.7. The van der Waals surface area contributed by atoms with Crippen molar-refractivity contribution in [3.05, 3.63) is 0 Å². The van der Waals surface area contributed by atoms with Crippen molar-refractivity contribution in [2.45, 2.75) is 34.1 Å². The summed E-state index contributed by atoms with van der Waals surface area (Å²) in [5, 5.41) is 0. The average Bonchev–Trinajstić information content (AvgIpc) is 2.15. The Morgan fingerprint density at radius 3 is 2.23 bits per heavy atom. The summed E-state index contributed by atoms with van der Waals surface area (Å²) in [5.74, 6) is 0.142. The predicted octanol–water partition coefficient (Wildman–Crippen LogP) is 1.92. The largest absolute Gasteiger partial charge is 0.385 e. The first-order valence-corrected chi connectivity index (χ1v) is 4.96. The molecule has 0 fully saturated rings. The lowest BCUT2D eigenvalue weighted by Crippen LogP contribution is -2.29. The highest BCUT2D eigenvalue weighted by Gasteiger charge is 2.03. The standard InChI is InChI=1S/C8H17NO2.C2H6/c1-4-9(8(2)10)6-5-7-11-3;1-2/h4-7H2,1-3H3;1-2H3. The molecule has 0 heterocycles. The molecular formula is C10H23NO2. The topological polar surface area (TPSA) is 29.5 Å². The van der Waals surface area contributed by atoms with Crippen molar-refractivity contribution in [1.29, 1.82) is 0 Å².